The molecule has 0 aliphatic carbocycles. The van der Waals surface area contributed by atoms with E-state index in [4.69, 9.17) is 4.74 Å². The molecule has 3 aromatic carbocycles. The maximum Gasteiger partial charge on any atom is 0.344 e. The molecule has 144 valence electrons. The summed E-state index contributed by atoms with van der Waals surface area (Å²) in [6.07, 6.45) is -2.49. The molecule has 0 bridgehead atoms. The third-order valence-corrected chi connectivity index (χ3v) is 4.48. The summed E-state index contributed by atoms with van der Waals surface area (Å²) >= 11 is 3.43. The van der Waals surface area contributed by atoms with Gasteiger partial charge in [-0.25, -0.2) is 0 Å². The Bertz CT molecular complexity index is 933. The summed E-state index contributed by atoms with van der Waals surface area (Å²) in [7, 11) is 0. The minimum absolute atomic E-state index is 0.00224. The summed E-state index contributed by atoms with van der Waals surface area (Å²) in [6, 6.07) is 20.4. The Morgan fingerprint density at radius 3 is 1.64 bits per heavy atom. The zero-order valence-corrected chi connectivity index (χ0v) is 16.3. The molecule has 0 spiro atoms. The van der Waals surface area contributed by atoms with Crippen LogP contribution in [0.15, 0.2) is 89.4 Å². The Morgan fingerprint density at radius 1 is 0.679 bits per heavy atom. The van der Waals surface area contributed by atoms with E-state index >= 15 is 0 Å². The molecule has 0 saturated carbocycles. The largest absolute Gasteiger partial charge is 0.428 e. The third kappa shape index (κ3) is 5.71. The van der Waals surface area contributed by atoms with E-state index in [9.17, 15) is 13.2 Å². The van der Waals surface area contributed by atoms with Gasteiger partial charge in [-0.2, -0.15) is 13.2 Å². The Morgan fingerprint density at radius 2 is 1.14 bits per heavy atom. The molecule has 0 radical (unpaired) electrons. The molecule has 2 nitrogen and oxygen atoms in total. The number of hydrogen-bond donors (Lipinski definition) is 0. The predicted octanol–water partition coefficient (Wildman–Crippen LogP) is 7.25. The van der Waals surface area contributed by atoms with Gasteiger partial charge < -0.3 is 9.47 Å². The molecule has 0 N–H and O–H groups in total. The lowest BCUT2D eigenvalue weighted by atomic mass is 10.0. The highest BCUT2D eigenvalue weighted by molar-refractivity contribution is 9.10. The number of halogens is 4. The molecule has 6 heteroatoms. The Hall–Kier alpha value is -2.57. The molecule has 3 aromatic rings. The standard InChI is InChI=1S/C22H16BrF3O2/c23-19-9-7-18(8-10-19)17-5-1-15(2-6-17)13-27-14-16-3-11-20(12-4-16)28-22(26)21(24)25/h1-12H,13-14H2. The number of ether oxygens (including phenoxy) is 2. The van der Waals surface area contributed by atoms with E-state index in [0.717, 1.165) is 26.7 Å². The number of rotatable bonds is 7. The maximum absolute atomic E-state index is 12.7. The van der Waals surface area contributed by atoms with Gasteiger partial charge in [0, 0.05) is 4.47 Å². The Labute approximate surface area is 169 Å². The highest BCUT2D eigenvalue weighted by atomic mass is 79.9. The summed E-state index contributed by atoms with van der Waals surface area (Å²) in [5.41, 5.74) is 4.12. The quantitative estimate of drug-likeness (QED) is 0.354. The fourth-order valence-corrected chi connectivity index (χ4v) is 2.78. The van der Waals surface area contributed by atoms with Gasteiger partial charge >= 0.3 is 12.1 Å². The highest BCUT2D eigenvalue weighted by Gasteiger charge is 2.07. The van der Waals surface area contributed by atoms with E-state index in [1.165, 1.54) is 12.1 Å². The number of hydrogen-bond acceptors (Lipinski definition) is 2. The van der Waals surface area contributed by atoms with Gasteiger partial charge in [-0.05, 0) is 46.5 Å². The van der Waals surface area contributed by atoms with E-state index in [0.29, 0.717) is 13.2 Å². The summed E-state index contributed by atoms with van der Waals surface area (Å²) in [4.78, 5) is 0. The minimum Gasteiger partial charge on any atom is -0.428 e. The topological polar surface area (TPSA) is 18.5 Å². The van der Waals surface area contributed by atoms with Gasteiger partial charge in [0.25, 0.3) is 0 Å². The highest BCUT2D eigenvalue weighted by Crippen LogP contribution is 2.23. The van der Waals surface area contributed by atoms with Gasteiger partial charge in [0.1, 0.15) is 5.75 Å². The molecule has 0 heterocycles. The monoisotopic (exact) mass is 448 g/mol. The van der Waals surface area contributed by atoms with E-state index < -0.39 is 12.1 Å². The van der Waals surface area contributed by atoms with Crippen LogP contribution in [0.4, 0.5) is 13.2 Å². The van der Waals surface area contributed by atoms with Crippen LogP contribution in [-0.4, -0.2) is 0 Å². The first-order chi connectivity index (χ1) is 13.5. The second kappa shape index (κ2) is 9.57. The molecule has 0 saturated heterocycles. The van der Waals surface area contributed by atoms with Gasteiger partial charge in [0.15, 0.2) is 0 Å². The number of benzene rings is 3. The van der Waals surface area contributed by atoms with Crippen molar-refractivity contribution in [2.75, 3.05) is 0 Å². The molecule has 0 unspecified atom stereocenters. The summed E-state index contributed by atoms with van der Waals surface area (Å²) < 4.78 is 47.9. The normalized spacial score (nSPS) is 10.6. The fraction of sp³-hybridized carbons (Fsp3) is 0.0909. The van der Waals surface area contributed by atoms with Crippen LogP contribution in [0, 0.1) is 0 Å². The van der Waals surface area contributed by atoms with Crippen molar-refractivity contribution in [3.63, 3.8) is 0 Å². The summed E-state index contributed by atoms with van der Waals surface area (Å²) in [5.74, 6) is -0.00224. The van der Waals surface area contributed by atoms with Gasteiger partial charge in [-0.1, -0.05) is 64.5 Å². The SMILES string of the molecule is FC(F)=C(F)Oc1ccc(COCc2ccc(-c3ccc(Br)cc3)cc2)cc1. The average molecular weight is 449 g/mol. The van der Waals surface area contributed by atoms with Crippen LogP contribution < -0.4 is 4.74 Å². The van der Waals surface area contributed by atoms with Gasteiger partial charge in [-0.15, -0.1) is 0 Å². The van der Waals surface area contributed by atoms with Crippen LogP contribution in [0.2, 0.25) is 0 Å². The van der Waals surface area contributed by atoms with Crippen molar-refractivity contribution in [1.82, 2.24) is 0 Å². The van der Waals surface area contributed by atoms with E-state index in [1.807, 2.05) is 48.5 Å². The zero-order valence-electron chi connectivity index (χ0n) is 14.7. The molecule has 0 atom stereocenters. The Balaban J connectivity index is 1.51. The first-order valence-corrected chi connectivity index (χ1v) is 9.21. The molecule has 3 rings (SSSR count). The van der Waals surface area contributed by atoms with Crippen LogP contribution in [-0.2, 0) is 18.0 Å². The van der Waals surface area contributed by atoms with Crippen LogP contribution in [0.25, 0.3) is 11.1 Å². The van der Waals surface area contributed by atoms with Crippen molar-refractivity contribution >= 4 is 15.9 Å². The van der Waals surface area contributed by atoms with Crippen molar-refractivity contribution in [1.29, 1.82) is 0 Å². The van der Waals surface area contributed by atoms with Crippen LogP contribution >= 0.6 is 15.9 Å². The lowest BCUT2D eigenvalue weighted by molar-refractivity contribution is 0.107. The van der Waals surface area contributed by atoms with Crippen LogP contribution in [0.5, 0.6) is 5.75 Å². The first kappa shape index (κ1) is 20.2. The van der Waals surface area contributed by atoms with Crippen molar-refractivity contribution < 1.29 is 22.6 Å². The lowest BCUT2D eigenvalue weighted by Crippen LogP contribution is -1.95. The van der Waals surface area contributed by atoms with E-state index in [-0.39, 0.29) is 5.75 Å². The van der Waals surface area contributed by atoms with Crippen molar-refractivity contribution in [2.24, 2.45) is 0 Å². The average Bonchev–Trinajstić information content (AvgIpc) is 2.70. The van der Waals surface area contributed by atoms with Crippen molar-refractivity contribution in [3.05, 3.63) is 100 Å². The second-order valence-corrected chi connectivity index (χ2v) is 6.89. The fourth-order valence-electron chi connectivity index (χ4n) is 2.52. The van der Waals surface area contributed by atoms with Crippen molar-refractivity contribution in [2.45, 2.75) is 13.2 Å². The Kier molecular flexibility index (Phi) is 6.90. The molecule has 0 fully saturated rings. The zero-order chi connectivity index (χ0) is 19.9. The minimum atomic E-state index is -2.49. The van der Waals surface area contributed by atoms with Crippen molar-refractivity contribution in [3.8, 4) is 16.9 Å². The van der Waals surface area contributed by atoms with E-state index in [2.05, 4.69) is 20.7 Å². The summed E-state index contributed by atoms with van der Waals surface area (Å²) in [6.45, 7) is 0.772. The third-order valence-electron chi connectivity index (χ3n) is 3.95. The maximum atomic E-state index is 12.7. The summed E-state index contributed by atoms with van der Waals surface area (Å²) in [5, 5.41) is 0. The molecule has 28 heavy (non-hydrogen) atoms. The van der Waals surface area contributed by atoms with Gasteiger partial charge in [0.05, 0.1) is 13.2 Å². The molecule has 0 amide bonds. The van der Waals surface area contributed by atoms with Crippen LogP contribution in [0.3, 0.4) is 0 Å². The van der Waals surface area contributed by atoms with Gasteiger partial charge in [0.2, 0.25) is 0 Å². The molecule has 0 aliphatic rings. The van der Waals surface area contributed by atoms with E-state index in [1.54, 1.807) is 12.1 Å². The molecule has 0 aromatic heterocycles. The molecule has 0 aliphatic heterocycles. The van der Waals surface area contributed by atoms with Crippen LogP contribution in [0.1, 0.15) is 11.1 Å². The molecular weight excluding hydrogens is 433 g/mol. The predicted molar refractivity (Wildman–Crippen MR) is 105 cm³/mol. The molecular formula is C22H16BrF3O2. The smallest absolute Gasteiger partial charge is 0.344 e. The lowest BCUT2D eigenvalue weighted by Gasteiger charge is -2.07. The first-order valence-electron chi connectivity index (χ1n) is 8.41. The second-order valence-electron chi connectivity index (χ2n) is 5.98. The van der Waals surface area contributed by atoms with Gasteiger partial charge in [-0.3, -0.25) is 0 Å².